The summed E-state index contributed by atoms with van der Waals surface area (Å²) >= 11 is 3.24. The first-order valence-corrected chi connectivity index (χ1v) is 8.43. The minimum Gasteiger partial charge on any atom is -0.294 e. The number of rotatable bonds is 2. The van der Waals surface area contributed by atoms with Crippen molar-refractivity contribution in [3.05, 3.63) is 28.2 Å². The molecule has 1 aromatic rings. The molecule has 0 atom stereocenters. The second-order valence-electron chi connectivity index (χ2n) is 5.36. The summed E-state index contributed by atoms with van der Waals surface area (Å²) in [5.74, 6) is -1.26. The first-order chi connectivity index (χ1) is 9.56. The minimum absolute atomic E-state index is 0.0763. The maximum Gasteiger partial charge on any atom is 0.247 e. The van der Waals surface area contributed by atoms with Crippen molar-refractivity contribution in [1.29, 1.82) is 0 Å². The van der Waals surface area contributed by atoms with E-state index >= 15 is 0 Å². The standard InChI is InChI=1S/C13H15BrN2O4S/c1-8-4-5-9(14)6-10(8)21(19,20)16-7-11(17)15-12(18)13(16,2)3/h4-6H,7H2,1-3H3,(H,15,17,18). The fourth-order valence-electron chi connectivity index (χ4n) is 2.12. The van der Waals surface area contributed by atoms with Crippen LogP contribution in [0.2, 0.25) is 0 Å². The van der Waals surface area contributed by atoms with Crippen LogP contribution in [0.25, 0.3) is 0 Å². The second kappa shape index (κ2) is 5.19. The highest BCUT2D eigenvalue weighted by atomic mass is 79.9. The van der Waals surface area contributed by atoms with Gasteiger partial charge >= 0.3 is 0 Å². The number of piperazine rings is 1. The molecule has 6 nitrogen and oxygen atoms in total. The molecule has 1 heterocycles. The molecule has 0 radical (unpaired) electrons. The summed E-state index contributed by atoms with van der Waals surface area (Å²) in [6.07, 6.45) is 0. The summed E-state index contributed by atoms with van der Waals surface area (Å²) in [7, 11) is -3.97. The molecule has 1 saturated heterocycles. The Hall–Kier alpha value is -1.25. The van der Waals surface area contributed by atoms with E-state index in [9.17, 15) is 18.0 Å². The number of nitrogens with zero attached hydrogens (tertiary/aromatic N) is 1. The highest BCUT2D eigenvalue weighted by Crippen LogP contribution is 2.30. The van der Waals surface area contributed by atoms with Crippen LogP contribution < -0.4 is 5.32 Å². The van der Waals surface area contributed by atoms with Gasteiger partial charge in [0, 0.05) is 4.47 Å². The molecule has 1 fully saturated rings. The Bertz CT molecular complexity index is 728. The van der Waals surface area contributed by atoms with Crippen LogP contribution in [0.3, 0.4) is 0 Å². The molecule has 0 unspecified atom stereocenters. The van der Waals surface area contributed by atoms with Gasteiger partial charge in [0.1, 0.15) is 5.54 Å². The monoisotopic (exact) mass is 374 g/mol. The second-order valence-corrected chi connectivity index (χ2v) is 8.10. The number of benzene rings is 1. The third-order valence-corrected chi connectivity index (χ3v) is 6.09. The predicted molar refractivity (Wildman–Crippen MR) is 80.0 cm³/mol. The lowest BCUT2D eigenvalue weighted by Crippen LogP contribution is -2.65. The average molecular weight is 375 g/mol. The van der Waals surface area contributed by atoms with Gasteiger partial charge in [-0.2, -0.15) is 4.31 Å². The Balaban J connectivity index is 2.59. The largest absolute Gasteiger partial charge is 0.294 e. The molecule has 2 rings (SSSR count). The molecule has 2 amide bonds. The molecule has 0 aromatic heterocycles. The zero-order chi connectivity index (χ0) is 16.0. The number of nitrogens with one attached hydrogen (secondary N) is 1. The quantitative estimate of drug-likeness (QED) is 0.787. The highest BCUT2D eigenvalue weighted by molar-refractivity contribution is 9.10. The number of aryl methyl sites for hydroxylation is 1. The lowest BCUT2D eigenvalue weighted by Gasteiger charge is -2.39. The van der Waals surface area contributed by atoms with Gasteiger partial charge in [0.15, 0.2) is 0 Å². The van der Waals surface area contributed by atoms with Gasteiger partial charge in [0.2, 0.25) is 21.8 Å². The smallest absolute Gasteiger partial charge is 0.247 e. The molecule has 0 bridgehead atoms. The fourth-order valence-corrected chi connectivity index (χ4v) is 4.59. The summed E-state index contributed by atoms with van der Waals surface area (Å²) in [6.45, 7) is 4.23. The summed E-state index contributed by atoms with van der Waals surface area (Å²) in [6, 6.07) is 4.86. The number of sulfonamides is 1. The van der Waals surface area contributed by atoms with Crippen LogP contribution in [0.15, 0.2) is 27.6 Å². The van der Waals surface area contributed by atoms with E-state index in [-0.39, 0.29) is 11.4 Å². The van der Waals surface area contributed by atoms with E-state index in [2.05, 4.69) is 21.2 Å². The number of hydrogen-bond acceptors (Lipinski definition) is 4. The number of imide groups is 1. The number of amides is 2. The minimum atomic E-state index is -3.97. The molecule has 114 valence electrons. The van der Waals surface area contributed by atoms with Gasteiger partial charge in [0.05, 0.1) is 11.4 Å². The summed E-state index contributed by atoms with van der Waals surface area (Å²) in [5.41, 5.74) is -0.783. The maximum absolute atomic E-state index is 12.8. The molecule has 21 heavy (non-hydrogen) atoms. The van der Waals surface area contributed by atoms with E-state index in [1.54, 1.807) is 19.1 Å². The van der Waals surface area contributed by atoms with Crippen molar-refractivity contribution < 1.29 is 18.0 Å². The van der Waals surface area contributed by atoms with Crippen LogP contribution in [0.1, 0.15) is 19.4 Å². The van der Waals surface area contributed by atoms with Crippen molar-refractivity contribution in [3.8, 4) is 0 Å². The Morgan fingerprint density at radius 2 is 1.90 bits per heavy atom. The maximum atomic E-state index is 12.8. The third-order valence-electron chi connectivity index (χ3n) is 3.44. The van der Waals surface area contributed by atoms with E-state index in [4.69, 9.17) is 0 Å². The molecule has 1 aliphatic rings. The van der Waals surface area contributed by atoms with Gasteiger partial charge in [-0.1, -0.05) is 22.0 Å². The van der Waals surface area contributed by atoms with Crippen LogP contribution in [0.5, 0.6) is 0 Å². The topological polar surface area (TPSA) is 83.6 Å². The Kier molecular flexibility index (Phi) is 3.98. The Labute approximate surface area is 131 Å². The normalized spacial score (nSPS) is 19.4. The van der Waals surface area contributed by atoms with Crippen LogP contribution in [0.4, 0.5) is 0 Å². The average Bonchev–Trinajstić information content (AvgIpc) is 2.36. The van der Waals surface area contributed by atoms with Crippen LogP contribution >= 0.6 is 15.9 Å². The molecule has 1 aromatic carbocycles. The lowest BCUT2D eigenvalue weighted by molar-refractivity contribution is -0.141. The van der Waals surface area contributed by atoms with Gasteiger partial charge in [-0.05, 0) is 38.5 Å². The van der Waals surface area contributed by atoms with E-state index in [1.807, 2.05) is 0 Å². The zero-order valence-corrected chi connectivity index (χ0v) is 14.2. The van der Waals surface area contributed by atoms with E-state index < -0.39 is 27.4 Å². The summed E-state index contributed by atoms with van der Waals surface area (Å²) < 4.78 is 27.2. The Morgan fingerprint density at radius 3 is 2.52 bits per heavy atom. The fraction of sp³-hybridized carbons (Fsp3) is 0.385. The Morgan fingerprint density at radius 1 is 1.29 bits per heavy atom. The molecular weight excluding hydrogens is 360 g/mol. The van der Waals surface area contributed by atoms with E-state index in [0.717, 1.165) is 4.31 Å². The molecule has 0 spiro atoms. The predicted octanol–water partition coefficient (Wildman–Crippen LogP) is 1.18. The number of hydrogen-bond donors (Lipinski definition) is 1. The molecular formula is C13H15BrN2O4S. The lowest BCUT2D eigenvalue weighted by atomic mass is 10.0. The third kappa shape index (κ3) is 2.75. The molecule has 0 aliphatic carbocycles. The van der Waals surface area contributed by atoms with Gasteiger partial charge in [-0.25, -0.2) is 8.42 Å². The molecule has 1 aliphatic heterocycles. The van der Waals surface area contributed by atoms with Crippen LogP contribution in [-0.4, -0.2) is 36.6 Å². The first kappa shape index (κ1) is 16.1. The number of halogens is 1. The van der Waals surface area contributed by atoms with Gasteiger partial charge in [-0.3, -0.25) is 14.9 Å². The van der Waals surface area contributed by atoms with Crippen molar-refractivity contribution in [2.24, 2.45) is 0 Å². The first-order valence-electron chi connectivity index (χ1n) is 6.20. The van der Waals surface area contributed by atoms with Crippen molar-refractivity contribution in [2.75, 3.05) is 6.54 Å². The van der Waals surface area contributed by atoms with Crippen LogP contribution in [0, 0.1) is 6.92 Å². The SMILES string of the molecule is Cc1ccc(Br)cc1S(=O)(=O)N1CC(=O)NC(=O)C1(C)C. The molecule has 1 N–H and O–H groups in total. The molecule has 8 heteroatoms. The number of carbonyl (C=O) groups is 2. The van der Waals surface area contributed by atoms with Crippen molar-refractivity contribution in [1.82, 2.24) is 9.62 Å². The summed E-state index contributed by atoms with van der Waals surface area (Å²) in [5, 5.41) is 2.16. The van der Waals surface area contributed by atoms with Crippen LogP contribution in [-0.2, 0) is 19.6 Å². The van der Waals surface area contributed by atoms with E-state index in [0.29, 0.717) is 10.0 Å². The number of carbonyl (C=O) groups excluding carboxylic acids is 2. The van der Waals surface area contributed by atoms with Crippen molar-refractivity contribution in [3.63, 3.8) is 0 Å². The van der Waals surface area contributed by atoms with Crippen molar-refractivity contribution in [2.45, 2.75) is 31.2 Å². The summed E-state index contributed by atoms with van der Waals surface area (Å²) in [4.78, 5) is 23.5. The van der Waals surface area contributed by atoms with Gasteiger partial charge in [0.25, 0.3) is 0 Å². The van der Waals surface area contributed by atoms with Crippen molar-refractivity contribution >= 4 is 37.8 Å². The van der Waals surface area contributed by atoms with E-state index in [1.165, 1.54) is 19.9 Å². The van der Waals surface area contributed by atoms with Gasteiger partial charge in [-0.15, -0.1) is 0 Å². The highest BCUT2D eigenvalue weighted by Gasteiger charge is 2.47. The zero-order valence-electron chi connectivity index (χ0n) is 11.8. The molecule has 0 saturated carbocycles. The van der Waals surface area contributed by atoms with Gasteiger partial charge < -0.3 is 0 Å².